The Kier molecular flexibility index (Phi) is 5.63. The van der Waals surface area contributed by atoms with Crippen LogP contribution < -0.4 is 10.1 Å². The van der Waals surface area contributed by atoms with Gasteiger partial charge < -0.3 is 10.1 Å². The normalized spacial score (nSPS) is 10.9. The number of carbonyl (C=O) groups is 1. The van der Waals surface area contributed by atoms with E-state index in [1.54, 1.807) is 24.3 Å². The molecule has 0 bridgehead atoms. The van der Waals surface area contributed by atoms with Crippen LogP contribution in [0.1, 0.15) is 16.1 Å². The smallest absolute Gasteiger partial charge is 0.274 e. The number of rotatable bonds is 6. The van der Waals surface area contributed by atoms with E-state index in [0.29, 0.717) is 11.4 Å². The number of benzene rings is 2. The third kappa shape index (κ3) is 4.17. The molecule has 0 saturated carbocycles. The first-order chi connectivity index (χ1) is 15.4. The van der Waals surface area contributed by atoms with E-state index < -0.39 is 41.3 Å². The molecule has 4 aromatic rings. The van der Waals surface area contributed by atoms with E-state index in [-0.39, 0.29) is 17.6 Å². The van der Waals surface area contributed by atoms with Gasteiger partial charge >= 0.3 is 0 Å². The average Bonchev–Trinajstić information content (AvgIpc) is 3.45. The van der Waals surface area contributed by atoms with Crippen molar-refractivity contribution in [1.82, 2.24) is 20.0 Å². The van der Waals surface area contributed by atoms with Gasteiger partial charge in [0.25, 0.3) is 5.91 Å². The first-order valence-corrected chi connectivity index (χ1v) is 9.22. The maximum absolute atomic E-state index is 13.8. The Bertz CT molecular complexity index is 1280. The quantitative estimate of drug-likeness (QED) is 0.345. The standard InChI is InChI=1S/C21H15F4N5O2/c1-32-12-4-2-3-11(7-12)16-9-17(28-27-16)21(31)26-18-5-6-30(29-18)10-13-19(24)14(22)8-15(23)20(13)25/h2-9H,10H2,1H3,(H,27,28)(H,26,29,31). The lowest BCUT2D eigenvalue weighted by Crippen LogP contribution is -2.14. The molecule has 2 N–H and O–H groups in total. The average molecular weight is 445 g/mol. The van der Waals surface area contributed by atoms with Gasteiger partial charge in [0.1, 0.15) is 11.4 Å². The van der Waals surface area contributed by atoms with Crippen molar-refractivity contribution in [3.8, 4) is 17.0 Å². The van der Waals surface area contributed by atoms with Crippen LogP contribution in [0, 0.1) is 23.3 Å². The molecule has 32 heavy (non-hydrogen) atoms. The van der Waals surface area contributed by atoms with Crippen molar-refractivity contribution >= 4 is 11.7 Å². The highest BCUT2D eigenvalue weighted by molar-refractivity contribution is 6.02. The number of aromatic amines is 1. The highest BCUT2D eigenvalue weighted by Gasteiger charge is 2.20. The van der Waals surface area contributed by atoms with Crippen molar-refractivity contribution in [3.63, 3.8) is 0 Å². The summed E-state index contributed by atoms with van der Waals surface area (Å²) in [7, 11) is 1.54. The molecule has 0 unspecified atom stereocenters. The predicted octanol–water partition coefficient (Wildman–Crippen LogP) is 4.14. The molecule has 0 spiro atoms. The second kappa shape index (κ2) is 8.53. The highest BCUT2D eigenvalue weighted by atomic mass is 19.2. The van der Waals surface area contributed by atoms with Crippen molar-refractivity contribution in [1.29, 1.82) is 0 Å². The monoisotopic (exact) mass is 445 g/mol. The van der Waals surface area contributed by atoms with Crippen molar-refractivity contribution in [3.05, 3.63) is 83.2 Å². The zero-order valence-electron chi connectivity index (χ0n) is 16.5. The number of hydrogen-bond donors (Lipinski definition) is 2. The Morgan fingerprint density at radius 2 is 1.84 bits per heavy atom. The fourth-order valence-electron chi connectivity index (χ4n) is 2.99. The highest BCUT2D eigenvalue weighted by Crippen LogP contribution is 2.23. The maximum atomic E-state index is 13.8. The lowest BCUT2D eigenvalue weighted by Gasteiger charge is -2.07. The number of methoxy groups -OCH3 is 1. The Morgan fingerprint density at radius 3 is 2.56 bits per heavy atom. The van der Waals surface area contributed by atoms with E-state index in [1.807, 2.05) is 0 Å². The molecule has 2 aromatic carbocycles. The number of halogens is 4. The SMILES string of the molecule is COc1cccc(-c2cc(C(=O)Nc3ccn(Cc4c(F)c(F)cc(F)c4F)n3)[nH]n2)c1. The second-order valence-corrected chi connectivity index (χ2v) is 6.70. The Hall–Kier alpha value is -4.15. The number of H-pyrrole nitrogens is 1. The molecule has 0 aliphatic heterocycles. The Labute approximate surface area is 178 Å². The van der Waals surface area contributed by atoms with Gasteiger partial charge in [-0.25, -0.2) is 17.6 Å². The van der Waals surface area contributed by atoms with Gasteiger partial charge in [0.2, 0.25) is 0 Å². The summed E-state index contributed by atoms with van der Waals surface area (Å²) < 4.78 is 60.6. The summed E-state index contributed by atoms with van der Waals surface area (Å²) >= 11 is 0. The van der Waals surface area contributed by atoms with E-state index in [2.05, 4.69) is 20.6 Å². The van der Waals surface area contributed by atoms with Gasteiger partial charge in [0.15, 0.2) is 29.1 Å². The summed E-state index contributed by atoms with van der Waals surface area (Å²) in [6.07, 6.45) is 1.30. The Morgan fingerprint density at radius 1 is 1.09 bits per heavy atom. The van der Waals surface area contributed by atoms with Crippen LogP contribution in [0.15, 0.2) is 48.7 Å². The number of amides is 1. The number of anilines is 1. The predicted molar refractivity (Wildman–Crippen MR) is 106 cm³/mol. The molecule has 2 aromatic heterocycles. The molecule has 4 rings (SSSR count). The number of nitrogens with zero attached hydrogens (tertiary/aromatic N) is 3. The van der Waals surface area contributed by atoms with Crippen molar-refractivity contribution in [2.45, 2.75) is 6.54 Å². The summed E-state index contributed by atoms with van der Waals surface area (Å²) in [6, 6.07) is 10.1. The van der Waals surface area contributed by atoms with Crippen LogP contribution in [0.4, 0.5) is 23.4 Å². The number of carbonyl (C=O) groups excluding carboxylic acids is 1. The molecule has 0 aliphatic carbocycles. The zero-order valence-corrected chi connectivity index (χ0v) is 16.5. The van der Waals surface area contributed by atoms with E-state index in [0.717, 1.165) is 10.2 Å². The molecule has 0 aliphatic rings. The van der Waals surface area contributed by atoms with Gasteiger partial charge in [-0.3, -0.25) is 14.6 Å². The summed E-state index contributed by atoms with van der Waals surface area (Å²) in [4.78, 5) is 12.5. The molecule has 0 atom stereocenters. The van der Waals surface area contributed by atoms with E-state index >= 15 is 0 Å². The fourth-order valence-corrected chi connectivity index (χ4v) is 2.99. The van der Waals surface area contributed by atoms with Crippen molar-refractivity contribution in [2.24, 2.45) is 0 Å². The molecule has 0 fully saturated rings. The zero-order chi connectivity index (χ0) is 22.8. The third-order valence-corrected chi connectivity index (χ3v) is 4.59. The first-order valence-electron chi connectivity index (χ1n) is 9.22. The van der Waals surface area contributed by atoms with Crippen LogP contribution in [0.5, 0.6) is 5.75 Å². The van der Waals surface area contributed by atoms with Crippen molar-refractivity contribution in [2.75, 3.05) is 12.4 Å². The molecule has 11 heteroatoms. The molecular weight excluding hydrogens is 430 g/mol. The summed E-state index contributed by atoms with van der Waals surface area (Å²) in [6.45, 7) is -0.577. The molecule has 2 heterocycles. The van der Waals surface area contributed by atoms with Crippen LogP contribution in [-0.4, -0.2) is 33.0 Å². The number of hydrogen-bond acceptors (Lipinski definition) is 4. The minimum absolute atomic E-state index is 0.0604. The van der Waals surface area contributed by atoms with E-state index in [9.17, 15) is 22.4 Å². The van der Waals surface area contributed by atoms with Gasteiger partial charge in [-0.2, -0.15) is 10.2 Å². The van der Waals surface area contributed by atoms with Gasteiger partial charge in [0.05, 0.1) is 24.9 Å². The van der Waals surface area contributed by atoms with Crippen molar-refractivity contribution < 1.29 is 27.1 Å². The molecule has 1 amide bonds. The number of aromatic nitrogens is 4. The lowest BCUT2D eigenvalue weighted by atomic mass is 10.1. The van der Waals surface area contributed by atoms with Crippen LogP contribution >= 0.6 is 0 Å². The molecule has 7 nitrogen and oxygen atoms in total. The van der Waals surface area contributed by atoms with Gasteiger partial charge in [-0.15, -0.1) is 0 Å². The molecule has 0 radical (unpaired) electrons. The van der Waals surface area contributed by atoms with Crippen LogP contribution in [0.25, 0.3) is 11.3 Å². The van der Waals surface area contributed by atoms with E-state index in [1.165, 1.54) is 25.4 Å². The summed E-state index contributed by atoms with van der Waals surface area (Å²) in [5.41, 5.74) is 0.565. The minimum atomic E-state index is -1.51. The molecule has 0 saturated heterocycles. The largest absolute Gasteiger partial charge is 0.497 e. The van der Waals surface area contributed by atoms with Gasteiger partial charge in [0, 0.05) is 23.9 Å². The summed E-state index contributed by atoms with van der Waals surface area (Å²) in [5.74, 6) is -5.90. The second-order valence-electron chi connectivity index (χ2n) is 6.70. The van der Waals surface area contributed by atoms with Crippen LogP contribution in [0.3, 0.4) is 0 Å². The molecular formula is C21H15F4N5O2. The first kappa shape index (κ1) is 21.1. The lowest BCUT2D eigenvalue weighted by molar-refractivity contribution is 0.102. The maximum Gasteiger partial charge on any atom is 0.274 e. The molecule has 164 valence electrons. The van der Waals surface area contributed by atoms with E-state index in [4.69, 9.17) is 4.74 Å². The van der Waals surface area contributed by atoms with Crippen LogP contribution in [-0.2, 0) is 6.54 Å². The fraction of sp³-hybridized carbons (Fsp3) is 0.0952. The van der Waals surface area contributed by atoms with Crippen LogP contribution in [0.2, 0.25) is 0 Å². The van der Waals surface area contributed by atoms with Gasteiger partial charge in [-0.05, 0) is 18.2 Å². The van der Waals surface area contributed by atoms with Gasteiger partial charge in [-0.1, -0.05) is 12.1 Å². The summed E-state index contributed by atoms with van der Waals surface area (Å²) in [5, 5.41) is 13.2. The Balaban J connectivity index is 1.48. The number of ether oxygens (including phenoxy) is 1. The topological polar surface area (TPSA) is 84.8 Å². The third-order valence-electron chi connectivity index (χ3n) is 4.59. The minimum Gasteiger partial charge on any atom is -0.497 e. The number of nitrogens with one attached hydrogen (secondary N) is 2.